The third-order valence-corrected chi connectivity index (χ3v) is 6.11. The largest absolute Gasteiger partial charge is 0.430 e. The summed E-state index contributed by atoms with van der Waals surface area (Å²) in [6, 6.07) is 6.44. The average Bonchev–Trinajstić information content (AvgIpc) is 2.66. The molecule has 29 heavy (non-hydrogen) atoms. The van der Waals surface area contributed by atoms with Crippen molar-refractivity contribution in [1.29, 1.82) is 0 Å². The number of halogens is 3. The van der Waals surface area contributed by atoms with E-state index in [4.69, 9.17) is 4.74 Å². The lowest BCUT2D eigenvalue weighted by Crippen LogP contribution is -2.58. The fourth-order valence-electron chi connectivity index (χ4n) is 3.70. The molecular weight excluding hydrogens is 395 g/mol. The van der Waals surface area contributed by atoms with Gasteiger partial charge in [-0.2, -0.15) is 13.2 Å². The highest BCUT2D eigenvalue weighted by Gasteiger charge is 2.63. The third kappa shape index (κ3) is 5.64. The fourth-order valence-corrected chi connectivity index (χ4v) is 4.29. The van der Waals surface area contributed by atoms with Crippen LogP contribution in [0.4, 0.5) is 13.2 Å². The predicted octanol–water partition coefficient (Wildman–Crippen LogP) is 5.04. The zero-order valence-corrected chi connectivity index (χ0v) is 18.5. The van der Waals surface area contributed by atoms with Crippen molar-refractivity contribution < 1.29 is 22.7 Å². The van der Waals surface area contributed by atoms with Crippen LogP contribution in [0, 0.1) is 17.4 Å². The number of benzene rings is 1. The van der Waals surface area contributed by atoms with Crippen molar-refractivity contribution in [3.05, 3.63) is 35.9 Å². The van der Waals surface area contributed by atoms with E-state index in [0.29, 0.717) is 0 Å². The number of alkyl halides is 3. The van der Waals surface area contributed by atoms with Crippen molar-refractivity contribution in [3.8, 4) is 11.5 Å². The van der Waals surface area contributed by atoms with E-state index in [-0.39, 0.29) is 11.5 Å². The van der Waals surface area contributed by atoms with Crippen LogP contribution in [0.1, 0.15) is 37.7 Å². The molecule has 160 valence electrons. The summed E-state index contributed by atoms with van der Waals surface area (Å²) < 4.78 is 47.4. The van der Waals surface area contributed by atoms with Gasteiger partial charge in [0, 0.05) is 12.7 Å². The highest BCUT2D eigenvalue weighted by Crippen LogP contribution is 2.42. The maximum absolute atomic E-state index is 14.2. The molecule has 0 heterocycles. The molecule has 2 rings (SSSR count). The molecule has 0 aromatic heterocycles. The van der Waals surface area contributed by atoms with Crippen molar-refractivity contribution >= 4 is 14.0 Å². The Morgan fingerprint density at radius 2 is 1.72 bits per heavy atom. The maximum atomic E-state index is 14.2. The summed E-state index contributed by atoms with van der Waals surface area (Å²) >= 11 is 0. The van der Waals surface area contributed by atoms with Gasteiger partial charge in [-0.1, -0.05) is 75.2 Å². The second kappa shape index (κ2) is 9.35. The van der Waals surface area contributed by atoms with Crippen LogP contribution >= 0.6 is 0 Å². The van der Waals surface area contributed by atoms with E-state index in [1.165, 1.54) is 24.3 Å². The number of rotatable bonds is 5. The molecule has 1 N–H and O–H groups in total. The highest BCUT2D eigenvalue weighted by atomic mass is 28.3. The second-order valence-electron chi connectivity index (χ2n) is 8.62. The topological polar surface area (TPSA) is 38.3 Å². The second-order valence-corrected chi connectivity index (χ2v) is 13.4. The lowest BCUT2D eigenvalue weighted by atomic mass is 9.83. The van der Waals surface area contributed by atoms with Gasteiger partial charge in [-0.15, -0.1) is 5.54 Å². The lowest BCUT2D eigenvalue weighted by molar-refractivity contribution is -0.266. The first-order valence-corrected chi connectivity index (χ1v) is 13.5. The summed E-state index contributed by atoms with van der Waals surface area (Å²) in [7, 11) is -0.835. The Bertz CT molecular complexity index is 743. The van der Waals surface area contributed by atoms with Gasteiger partial charge in [-0.25, -0.2) is 0 Å². The first-order valence-electron chi connectivity index (χ1n) is 10.0. The molecule has 0 saturated heterocycles. The maximum Gasteiger partial charge on any atom is 0.430 e. The number of carbonyl (C=O) groups excluding carboxylic acids is 1. The van der Waals surface area contributed by atoms with Gasteiger partial charge in [0.25, 0.3) is 11.5 Å². The number of amides is 1. The molecule has 0 radical (unpaired) electrons. The van der Waals surface area contributed by atoms with Crippen LogP contribution in [-0.4, -0.2) is 33.3 Å². The lowest BCUT2D eigenvalue weighted by Gasteiger charge is -2.36. The van der Waals surface area contributed by atoms with E-state index in [1.807, 2.05) is 0 Å². The molecule has 1 aliphatic carbocycles. The van der Waals surface area contributed by atoms with E-state index >= 15 is 0 Å². The van der Waals surface area contributed by atoms with E-state index in [9.17, 15) is 18.0 Å². The molecule has 2 atom stereocenters. The first kappa shape index (κ1) is 23.5. The molecule has 7 heteroatoms. The number of methoxy groups -OCH3 is 1. The number of hydrogen-bond acceptors (Lipinski definition) is 2. The van der Waals surface area contributed by atoms with Crippen LogP contribution in [0.25, 0.3) is 0 Å². The molecule has 0 bridgehead atoms. The molecule has 1 amide bonds. The van der Waals surface area contributed by atoms with Gasteiger partial charge in [-0.3, -0.25) is 4.79 Å². The molecular formula is C22H30F3NO2Si. The number of carbonyl (C=O) groups is 1. The molecule has 1 fully saturated rings. The first-order chi connectivity index (χ1) is 13.5. The number of nitrogens with one attached hydrogen (secondary N) is 1. The van der Waals surface area contributed by atoms with Gasteiger partial charge < -0.3 is 10.1 Å². The van der Waals surface area contributed by atoms with Crippen molar-refractivity contribution in [2.45, 2.75) is 69.6 Å². The van der Waals surface area contributed by atoms with Gasteiger partial charge in [-0.05, 0) is 18.8 Å². The van der Waals surface area contributed by atoms with Crippen LogP contribution < -0.4 is 5.32 Å². The smallest absolute Gasteiger partial charge is 0.356 e. The summed E-state index contributed by atoms with van der Waals surface area (Å²) in [5.41, 5.74) is -0.0853. The summed E-state index contributed by atoms with van der Waals surface area (Å²) in [6.07, 6.45) is -0.118. The van der Waals surface area contributed by atoms with Crippen molar-refractivity contribution in [3.63, 3.8) is 0 Å². The van der Waals surface area contributed by atoms with E-state index < -0.39 is 31.8 Å². The Hall–Kier alpha value is -1.78. The molecule has 1 saturated carbocycles. The molecule has 1 aromatic carbocycles. The standard InChI is InChI=1S/C22H30F3NO2Si/c1-28-21(22(23,24)25,18-13-9-6-10-14-18)20(27)26-19(15-16-29(2,3)4)17-11-7-5-8-12-17/h6,9-10,13-14,17,19H,5,7-8,11-12H2,1-4H3,(H,26,27)/t19-,21-/m0/s1. The van der Waals surface area contributed by atoms with Crippen molar-refractivity contribution in [2.24, 2.45) is 5.92 Å². The van der Waals surface area contributed by atoms with Crippen molar-refractivity contribution in [1.82, 2.24) is 5.32 Å². The van der Waals surface area contributed by atoms with Crippen LogP contribution in [0.3, 0.4) is 0 Å². The minimum Gasteiger partial charge on any atom is -0.356 e. The minimum atomic E-state index is -4.92. The average molecular weight is 426 g/mol. The minimum absolute atomic E-state index is 0.0510. The Morgan fingerprint density at radius 3 is 2.21 bits per heavy atom. The van der Waals surface area contributed by atoms with Gasteiger partial charge in [0.15, 0.2) is 0 Å². The molecule has 1 aromatic rings. The fraction of sp³-hybridized carbons (Fsp3) is 0.591. The van der Waals surface area contributed by atoms with E-state index in [2.05, 4.69) is 36.4 Å². The molecule has 0 spiro atoms. The van der Waals surface area contributed by atoms with Gasteiger partial charge in [0.05, 0.1) is 6.04 Å². The normalized spacial score (nSPS) is 18.9. The Balaban J connectivity index is 2.43. The molecule has 0 unspecified atom stereocenters. The summed E-state index contributed by atoms with van der Waals surface area (Å²) in [5.74, 6) is 1.96. The molecule has 3 nitrogen and oxygen atoms in total. The Morgan fingerprint density at radius 1 is 1.14 bits per heavy atom. The summed E-state index contributed by atoms with van der Waals surface area (Å²) in [6.45, 7) is 6.21. The third-order valence-electron chi connectivity index (χ3n) is 5.22. The predicted molar refractivity (Wildman–Crippen MR) is 111 cm³/mol. The summed E-state index contributed by atoms with van der Waals surface area (Å²) in [5, 5.41) is 2.62. The van der Waals surface area contributed by atoms with Crippen LogP contribution in [0.15, 0.2) is 30.3 Å². The van der Waals surface area contributed by atoms with Crippen LogP contribution in [0.5, 0.6) is 0 Å². The quantitative estimate of drug-likeness (QED) is 0.530. The SMILES string of the molecule is CO[C@](C(=O)N[C@@H](C#C[Si](C)(C)C)C1CCCCC1)(c1ccccc1)C(F)(F)F. The Labute approximate surface area is 172 Å². The number of hydrogen-bond donors (Lipinski definition) is 1. The van der Waals surface area contributed by atoms with Gasteiger partial charge in [0.2, 0.25) is 0 Å². The van der Waals surface area contributed by atoms with Crippen LogP contribution in [-0.2, 0) is 15.1 Å². The number of ether oxygens (including phenoxy) is 1. The van der Waals surface area contributed by atoms with Crippen LogP contribution in [0.2, 0.25) is 19.6 Å². The molecule has 0 aliphatic heterocycles. The summed E-state index contributed by atoms with van der Waals surface area (Å²) in [4.78, 5) is 13.1. The van der Waals surface area contributed by atoms with Gasteiger partial charge >= 0.3 is 6.18 Å². The molecule has 1 aliphatic rings. The monoisotopic (exact) mass is 425 g/mol. The van der Waals surface area contributed by atoms with E-state index in [1.54, 1.807) is 6.07 Å². The van der Waals surface area contributed by atoms with Crippen molar-refractivity contribution in [2.75, 3.05) is 7.11 Å². The van der Waals surface area contributed by atoms with E-state index in [0.717, 1.165) is 39.2 Å². The zero-order valence-electron chi connectivity index (χ0n) is 17.5. The Kier molecular flexibility index (Phi) is 7.58. The zero-order chi connectivity index (χ0) is 21.7. The highest BCUT2D eigenvalue weighted by molar-refractivity contribution is 6.83. The van der Waals surface area contributed by atoms with Gasteiger partial charge in [0.1, 0.15) is 8.07 Å².